The zero-order valence-corrected chi connectivity index (χ0v) is 12.8. The van der Waals surface area contributed by atoms with Crippen molar-refractivity contribution < 1.29 is 14.7 Å². The average Bonchev–Trinajstić information content (AvgIpc) is 2.31. The normalized spacial score (nSPS) is 10.9. The molecular weight excluding hydrogens is 336 g/mol. The fourth-order valence-corrected chi connectivity index (χ4v) is 1.62. The first-order valence-electron chi connectivity index (χ1n) is 5.45. The Morgan fingerprint density at radius 2 is 2.05 bits per heavy atom. The number of hydrogen-bond donors (Lipinski definition) is 3. The lowest BCUT2D eigenvalue weighted by molar-refractivity contribution is -0.146. The highest BCUT2D eigenvalue weighted by molar-refractivity contribution is 9.10. The predicted molar refractivity (Wildman–Crippen MR) is 77.6 cm³/mol. The van der Waals surface area contributed by atoms with Crippen molar-refractivity contribution in [3.05, 3.63) is 27.7 Å². The van der Waals surface area contributed by atoms with E-state index in [1.165, 1.54) is 13.8 Å². The van der Waals surface area contributed by atoms with Gasteiger partial charge in [-0.1, -0.05) is 11.6 Å². The van der Waals surface area contributed by atoms with Crippen LogP contribution < -0.4 is 10.6 Å². The van der Waals surface area contributed by atoms with Crippen molar-refractivity contribution in [2.24, 2.45) is 5.41 Å². The van der Waals surface area contributed by atoms with E-state index in [-0.39, 0.29) is 6.54 Å². The van der Waals surface area contributed by atoms with Crippen molar-refractivity contribution in [3.63, 3.8) is 0 Å². The van der Waals surface area contributed by atoms with Crippen molar-refractivity contribution in [2.75, 3.05) is 11.9 Å². The van der Waals surface area contributed by atoms with Crippen LogP contribution in [-0.2, 0) is 4.79 Å². The quantitative estimate of drug-likeness (QED) is 0.780. The largest absolute Gasteiger partial charge is 0.481 e. The minimum absolute atomic E-state index is 0.0307. The molecule has 0 unspecified atom stereocenters. The number of anilines is 1. The first-order chi connectivity index (χ1) is 8.72. The second kappa shape index (κ2) is 6.25. The van der Waals surface area contributed by atoms with E-state index in [1.54, 1.807) is 18.2 Å². The van der Waals surface area contributed by atoms with Crippen LogP contribution in [0.3, 0.4) is 0 Å². The van der Waals surface area contributed by atoms with E-state index in [1.807, 2.05) is 0 Å². The maximum atomic E-state index is 11.6. The van der Waals surface area contributed by atoms with Crippen LogP contribution in [0, 0.1) is 5.41 Å². The minimum atomic E-state index is -1.02. The van der Waals surface area contributed by atoms with Gasteiger partial charge in [0.05, 0.1) is 10.4 Å². The maximum Gasteiger partial charge on any atom is 0.319 e. The number of urea groups is 1. The lowest BCUT2D eigenvalue weighted by Gasteiger charge is -2.19. The molecule has 1 aromatic carbocycles. The van der Waals surface area contributed by atoms with Gasteiger partial charge >= 0.3 is 12.0 Å². The Kier molecular flexibility index (Phi) is 5.20. The van der Waals surface area contributed by atoms with Gasteiger partial charge in [-0.2, -0.15) is 0 Å². The van der Waals surface area contributed by atoms with Gasteiger partial charge in [0.25, 0.3) is 0 Å². The molecule has 0 aliphatic rings. The van der Waals surface area contributed by atoms with Gasteiger partial charge in [0, 0.05) is 16.7 Å². The number of carbonyl (C=O) groups is 2. The SMILES string of the molecule is CC(C)(CNC(=O)Nc1ccc(Cl)c(Br)c1)C(=O)O. The van der Waals surface area contributed by atoms with Gasteiger partial charge in [-0.15, -0.1) is 0 Å². The molecule has 1 rings (SSSR count). The van der Waals surface area contributed by atoms with E-state index < -0.39 is 17.4 Å². The van der Waals surface area contributed by atoms with Gasteiger partial charge in [-0.3, -0.25) is 4.79 Å². The minimum Gasteiger partial charge on any atom is -0.481 e. The Balaban J connectivity index is 2.56. The highest BCUT2D eigenvalue weighted by Gasteiger charge is 2.27. The maximum absolute atomic E-state index is 11.6. The van der Waals surface area contributed by atoms with Gasteiger partial charge in [0.2, 0.25) is 0 Å². The number of carboxylic acid groups (broad SMARTS) is 1. The van der Waals surface area contributed by atoms with Gasteiger partial charge in [0.1, 0.15) is 0 Å². The number of hydrogen-bond acceptors (Lipinski definition) is 2. The molecule has 7 heteroatoms. The van der Waals surface area contributed by atoms with Gasteiger partial charge in [0.15, 0.2) is 0 Å². The highest BCUT2D eigenvalue weighted by atomic mass is 79.9. The van der Waals surface area contributed by atoms with E-state index in [9.17, 15) is 9.59 Å². The zero-order chi connectivity index (χ0) is 14.6. The number of halogens is 2. The Morgan fingerprint density at radius 1 is 1.42 bits per heavy atom. The van der Waals surface area contributed by atoms with Gasteiger partial charge < -0.3 is 15.7 Å². The topological polar surface area (TPSA) is 78.4 Å². The van der Waals surface area contributed by atoms with Crippen molar-refractivity contribution in [3.8, 4) is 0 Å². The Bertz CT molecular complexity index is 506. The number of nitrogens with one attached hydrogen (secondary N) is 2. The smallest absolute Gasteiger partial charge is 0.319 e. The van der Waals surface area contributed by atoms with Crippen molar-refractivity contribution >= 4 is 45.2 Å². The number of carboxylic acids is 1. The number of aliphatic carboxylic acids is 1. The first-order valence-corrected chi connectivity index (χ1v) is 6.63. The summed E-state index contributed by atoms with van der Waals surface area (Å²) >= 11 is 9.08. The molecule has 0 spiro atoms. The lowest BCUT2D eigenvalue weighted by atomic mass is 9.94. The van der Waals surface area contributed by atoms with Crippen LogP contribution >= 0.6 is 27.5 Å². The third-order valence-electron chi connectivity index (χ3n) is 2.45. The number of amides is 2. The van der Waals surface area contributed by atoms with Crippen LogP contribution in [0.5, 0.6) is 0 Å². The summed E-state index contributed by atoms with van der Waals surface area (Å²) < 4.78 is 0.665. The zero-order valence-electron chi connectivity index (χ0n) is 10.5. The summed E-state index contributed by atoms with van der Waals surface area (Å²) in [4.78, 5) is 22.5. The second-order valence-corrected chi connectivity index (χ2v) is 5.89. The van der Waals surface area contributed by atoms with Crippen LogP contribution in [-0.4, -0.2) is 23.7 Å². The molecule has 0 saturated heterocycles. The van der Waals surface area contributed by atoms with Gasteiger partial charge in [-0.05, 0) is 48.0 Å². The molecule has 0 aliphatic carbocycles. The molecule has 0 saturated carbocycles. The van der Waals surface area contributed by atoms with Crippen LogP contribution in [0.1, 0.15) is 13.8 Å². The third-order valence-corrected chi connectivity index (χ3v) is 3.66. The molecular formula is C12H14BrClN2O3. The number of benzene rings is 1. The second-order valence-electron chi connectivity index (χ2n) is 4.63. The predicted octanol–water partition coefficient (Wildman–Crippen LogP) is 3.33. The molecule has 19 heavy (non-hydrogen) atoms. The summed E-state index contributed by atoms with van der Waals surface area (Å²) in [6, 6.07) is 4.48. The molecule has 3 N–H and O–H groups in total. The Morgan fingerprint density at radius 3 is 2.58 bits per heavy atom. The molecule has 0 aromatic heterocycles. The Labute approximate surface area is 124 Å². The summed E-state index contributed by atoms with van der Waals surface area (Å²) in [5.74, 6) is -0.970. The van der Waals surface area contributed by atoms with Crippen molar-refractivity contribution in [1.82, 2.24) is 5.32 Å². The van der Waals surface area contributed by atoms with Crippen LogP contribution in [0.25, 0.3) is 0 Å². The molecule has 2 amide bonds. The molecule has 0 aliphatic heterocycles. The number of rotatable bonds is 4. The van der Waals surface area contributed by atoms with E-state index in [0.29, 0.717) is 15.2 Å². The molecule has 5 nitrogen and oxygen atoms in total. The molecule has 0 bridgehead atoms. The standard InChI is InChI=1S/C12H14BrClN2O3/c1-12(2,10(17)18)6-15-11(19)16-7-3-4-9(14)8(13)5-7/h3-5H,6H2,1-2H3,(H,17,18)(H2,15,16,19). The summed E-state index contributed by atoms with van der Waals surface area (Å²) in [5.41, 5.74) is -0.459. The monoisotopic (exact) mass is 348 g/mol. The third kappa shape index (κ3) is 4.72. The summed E-state index contributed by atoms with van der Waals surface area (Å²) in [6.45, 7) is 3.10. The molecule has 1 aromatic rings. The van der Waals surface area contributed by atoms with Crippen LogP contribution in [0.15, 0.2) is 22.7 Å². The fourth-order valence-electron chi connectivity index (χ4n) is 1.13. The molecule has 0 radical (unpaired) electrons. The summed E-state index contributed by atoms with van der Waals surface area (Å²) in [5, 5.41) is 14.6. The average molecular weight is 350 g/mol. The van der Waals surface area contributed by atoms with Crippen LogP contribution in [0.2, 0.25) is 5.02 Å². The molecule has 0 atom stereocenters. The van der Waals surface area contributed by atoms with E-state index in [4.69, 9.17) is 16.7 Å². The molecule has 0 fully saturated rings. The first kappa shape index (κ1) is 15.8. The Hall–Kier alpha value is -1.27. The van der Waals surface area contributed by atoms with Crippen molar-refractivity contribution in [1.29, 1.82) is 0 Å². The lowest BCUT2D eigenvalue weighted by Crippen LogP contribution is -2.40. The van der Waals surface area contributed by atoms with Crippen LogP contribution in [0.4, 0.5) is 10.5 Å². The van der Waals surface area contributed by atoms with E-state index >= 15 is 0 Å². The fraction of sp³-hybridized carbons (Fsp3) is 0.333. The van der Waals surface area contributed by atoms with E-state index in [2.05, 4.69) is 26.6 Å². The number of carbonyl (C=O) groups excluding carboxylic acids is 1. The molecule has 0 heterocycles. The molecule has 104 valence electrons. The van der Waals surface area contributed by atoms with Crippen molar-refractivity contribution in [2.45, 2.75) is 13.8 Å². The van der Waals surface area contributed by atoms with Gasteiger partial charge in [-0.25, -0.2) is 4.79 Å². The highest BCUT2D eigenvalue weighted by Crippen LogP contribution is 2.25. The summed E-state index contributed by atoms with van der Waals surface area (Å²) in [7, 11) is 0. The van der Waals surface area contributed by atoms with E-state index in [0.717, 1.165) is 0 Å². The summed E-state index contributed by atoms with van der Waals surface area (Å²) in [6.07, 6.45) is 0.